The van der Waals surface area contributed by atoms with Gasteiger partial charge in [-0.25, -0.2) is 8.42 Å². The topological polar surface area (TPSA) is 49.4 Å². The highest BCUT2D eigenvalue weighted by molar-refractivity contribution is 7.99. The molecule has 0 heterocycles. The lowest BCUT2D eigenvalue weighted by atomic mass is 10.1. The van der Waals surface area contributed by atoms with E-state index >= 15 is 0 Å². The lowest BCUT2D eigenvalue weighted by Crippen LogP contribution is -2.14. The fourth-order valence-corrected chi connectivity index (χ4v) is 4.74. The van der Waals surface area contributed by atoms with Crippen LogP contribution in [-0.2, 0) is 10.0 Å². The number of hydrogen-bond donors (Lipinski definition) is 1. The number of benzene rings is 3. The second kappa shape index (κ2) is 6.98. The molecule has 3 aromatic carbocycles. The van der Waals surface area contributed by atoms with Gasteiger partial charge in [-0.2, -0.15) is 0 Å². The minimum Gasteiger partial charge on any atom is -0.377 e. The summed E-state index contributed by atoms with van der Waals surface area (Å²) >= 11 is 1.51. The van der Waals surface area contributed by atoms with E-state index in [1.807, 2.05) is 67.7 Å². The Labute approximate surface area is 152 Å². The molecule has 0 fully saturated rings. The molecule has 1 N–H and O–H groups in total. The van der Waals surface area contributed by atoms with Crippen molar-refractivity contribution in [3.63, 3.8) is 0 Å². The van der Waals surface area contributed by atoms with Crippen LogP contribution in [0, 0.1) is 0 Å². The molecule has 0 aliphatic carbocycles. The van der Waals surface area contributed by atoms with Crippen molar-refractivity contribution in [3.8, 4) is 0 Å². The normalized spacial score (nSPS) is 11.5. The third kappa shape index (κ3) is 3.45. The zero-order chi connectivity index (χ0) is 18.0. The Morgan fingerprint density at radius 2 is 1.56 bits per heavy atom. The Morgan fingerprint density at radius 1 is 0.880 bits per heavy atom. The van der Waals surface area contributed by atoms with E-state index in [2.05, 4.69) is 4.72 Å². The number of thioether (sulfide) groups is 1. The molecular weight excluding hydrogens is 352 g/mol. The monoisotopic (exact) mass is 372 g/mol. The molecule has 0 aliphatic heterocycles. The molecule has 0 aliphatic rings. The van der Waals surface area contributed by atoms with Gasteiger partial charge in [0.25, 0.3) is 10.0 Å². The quantitative estimate of drug-likeness (QED) is 0.673. The predicted octanol–water partition coefficient (Wildman–Crippen LogP) is 4.43. The van der Waals surface area contributed by atoms with E-state index in [1.165, 1.54) is 11.8 Å². The molecular formula is C19H20N2O2S2. The summed E-state index contributed by atoms with van der Waals surface area (Å²) in [4.78, 5) is 3.15. The summed E-state index contributed by atoms with van der Waals surface area (Å²) < 4.78 is 28.8. The van der Waals surface area contributed by atoms with Gasteiger partial charge in [-0.15, -0.1) is 11.8 Å². The van der Waals surface area contributed by atoms with E-state index in [9.17, 15) is 8.42 Å². The van der Waals surface area contributed by atoms with Crippen molar-refractivity contribution < 1.29 is 8.42 Å². The van der Waals surface area contributed by atoms with E-state index in [0.717, 1.165) is 16.0 Å². The van der Waals surface area contributed by atoms with Gasteiger partial charge in [0.05, 0.1) is 10.6 Å². The smallest absolute Gasteiger partial charge is 0.262 e. The highest BCUT2D eigenvalue weighted by Crippen LogP contribution is 2.32. The van der Waals surface area contributed by atoms with Crippen molar-refractivity contribution >= 4 is 43.9 Å². The standard InChI is InChI=1S/C19H20N2O2S2/c1-21(2)17-11-6-9-15-14(17)8-7-13-19(15)25(22,23)20-16-10-4-5-12-18(16)24-3/h4-13,20H,1-3H3. The number of nitrogens with zero attached hydrogens (tertiary/aromatic N) is 1. The summed E-state index contributed by atoms with van der Waals surface area (Å²) in [5.74, 6) is 0. The first-order valence-electron chi connectivity index (χ1n) is 7.79. The number of fused-ring (bicyclic) bond motifs is 1. The van der Waals surface area contributed by atoms with Gasteiger partial charge in [-0.1, -0.05) is 36.4 Å². The minimum absolute atomic E-state index is 0.282. The molecule has 6 heteroatoms. The summed E-state index contributed by atoms with van der Waals surface area (Å²) in [7, 11) is 0.198. The second-order valence-electron chi connectivity index (χ2n) is 5.83. The molecule has 3 aromatic rings. The first kappa shape index (κ1) is 17.6. The van der Waals surface area contributed by atoms with Crippen LogP contribution in [0.2, 0.25) is 0 Å². The van der Waals surface area contributed by atoms with Crippen LogP contribution in [0.15, 0.2) is 70.5 Å². The molecule has 0 spiro atoms. The Morgan fingerprint density at radius 3 is 2.28 bits per heavy atom. The summed E-state index contributed by atoms with van der Waals surface area (Å²) in [6.45, 7) is 0. The van der Waals surface area contributed by atoms with Gasteiger partial charge < -0.3 is 4.90 Å². The molecule has 0 atom stereocenters. The first-order chi connectivity index (χ1) is 11.9. The molecule has 130 valence electrons. The van der Waals surface area contributed by atoms with Crippen LogP contribution >= 0.6 is 11.8 Å². The Kier molecular flexibility index (Phi) is 4.92. The van der Waals surface area contributed by atoms with Crippen molar-refractivity contribution in [2.75, 3.05) is 30.0 Å². The number of hydrogen-bond acceptors (Lipinski definition) is 4. The van der Waals surface area contributed by atoms with Crippen LogP contribution < -0.4 is 9.62 Å². The summed E-state index contributed by atoms with van der Waals surface area (Å²) in [5, 5.41) is 1.62. The fourth-order valence-electron chi connectivity index (χ4n) is 2.82. The Hall–Kier alpha value is -2.18. The van der Waals surface area contributed by atoms with Crippen molar-refractivity contribution in [1.82, 2.24) is 0 Å². The molecule has 0 saturated carbocycles. The largest absolute Gasteiger partial charge is 0.377 e. The van der Waals surface area contributed by atoms with Crippen LogP contribution in [-0.4, -0.2) is 28.8 Å². The van der Waals surface area contributed by atoms with Crippen LogP contribution in [0.1, 0.15) is 0 Å². The van der Waals surface area contributed by atoms with Crippen LogP contribution in [0.5, 0.6) is 0 Å². The van der Waals surface area contributed by atoms with Gasteiger partial charge in [0.1, 0.15) is 0 Å². The molecule has 4 nitrogen and oxygen atoms in total. The number of rotatable bonds is 5. The number of anilines is 2. The summed E-state index contributed by atoms with van der Waals surface area (Å²) in [6, 6.07) is 18.5. The van der Waals surface area contributed by atoms with Gasteiger partial charge >= 0.3 is 0 Å². The molecule has 0 aromatic heterocycles. The van der Waals surface area contributed by atoms with E-state index in [-0.39, 0.29) is 4.90 Å². The van der Waals surface area contributed by atoms with Gasteiger partial charge in [-0.05, 0) is 30.5 Å². The highest BCUT2D eigenvalue weighted by Gasteiger charge is 2.19. The van der Waals surface area contributed by atoms with E-state index < -0.39 is 10.0 Å². The maximum atomic E-state index is 13.0. The zero-order valence-electron chi connectivity index (χ0n) is 14.4. The lowest BCUT2D eigenvalue weighted by Gasteiger charge is -2.17. The van der Waals surface area contributed by atoms with Gasteiger partial charge in [-0.3, -0.25) is 4.72 Å². The zero-order valence-corrected chi connectivity index (χ0v) is 16.0. The molecule has 0 unspecified atom stereocenters. The molecule has 25 heavy (non-hydrogen) atoms. The Bertz CT molecular complexity index is 1010. The van der Waals surface area contributed by atoms with E-state index in [4.69, 9.17) is 0 Å². The maximum Gasteiger partial charge on any atom is 0.262 e. The molecule has 0 saturated heterocycles. The first-order valence-corrected chi connectivity index (χ1v) is 10.5. The average molecular weight is 373 g/mol. The van der Waals surface area contributed by atoms with Gasteiger partial charge in [0.2, 0.25) is 0 Å². The second-order valence-corrected chi connectivity index (χ2v) is 8.33. The number of sulfonamides is 1. The van der Waals surface area contributed by atoms with Crippen molar-refractivity contribution in [1.29, 1.82) is 0 Å². The Balaban J connectivity index is 2.13. The fraction of sp³-hybridized carbons (Fsp3) is 0.158. The van der Waals surface area contributed by atoms with Crippen LogP contribution in [0.3, 0.4) is 0 Å². The van der Waals surface area contributed by atoms with Crippen molar-refractivity contribution in [3.05, 3.63) is 60.7 Å². The molecule has 0 bridgehead atoms. The summed E-state index contributed by atoms with van der Waals surface area (Å²) in [6.07, 6.45) is 1.93. The van der Waals surface area contributed by atoms with E-state index in [1.54, 1.807) is 18.2 Å². The molecule has 3 rings (SSSR count). The molecule has 0 radical (unpaired) electrons. The number of nitrogens with one attached hydrogen (secondary N) is 1. The predicted molar refractivity (Wildman–Crippen MR) is 107 cm³/mol. The molecule has 0 amide bonds. The highest BCUT2D eigenvalue weighted by atomic mass is 32.2. The van der Waals surface area contributed by atoms with Gasteiger partial charge in [0.15, 0.2) is 0 Å². The maximum absolute atomic E-state index is 13.0. The van der Waals surface area contributed by atoms with Crippen LogP contribution in [0.4, 0.5) is 11.4 Å². The van der Waals surface area contributed by atoms with E-state index in [0.29, 0.717) is 11.1 Å². The average Bonchev–Trinajstić information content (AvgIpc) is 2.60. The number of para-hydroxylation sites is 1. The third-order valence-corrected chi connectivity index (χ3v) is 6.20. The lowest BCUT2D eigenvalue weighted by molar-refractivity contribution is 0.602. The SMILES string of the molecule is CSc1ccccc1NS(=O)(=O)c1cccc2c(N(C)C)cccc12. The van der Waals surface area contributed by atoms with Crippen molar-refractivity contribution in [2.24, 2.45) is 0 Å². The van der Waals surface area contributed by atoms with Crippen LogP contribution in [0.25, 0.3) is 10.8 Å². The minimum atomic E-state index is -3.70. The summed E-state index contributed by atoms with van der Waals surface area (Å²) in [5.41, 5.74) is 1.58. The third-order valence-electron chi connectivity index (χ3n) is 3.98. The van der Waals surface area contributed by atoms with Gasteiger partial charge in [0, 0.05) is 35.5 Å². The van der Waals surface area contributed by atoms with Crippen molar-refractivity contribution in [2.45, 2.75) is 9.79 Å².